The number of nitrogens with zero attached hydrogens (tertiary/aromatic N) is 5. The molecule has 1 saturated carbocycles. The number of anilines is 3. The van der Waals surface area contributed by atoms with Gasteiger partial charge in [0.05, 0.1) is 47.1 Å². The Balaban J connectivity index is 1.60. The lowest BCUT2D eigenvalue weighted by Gasteiger charge is -2.37. The number of alkyl carbamates (subject to hydrolysis) is 1. The number of aryl methyl sites for hydroxylation is 1. The molecule has 3 N–H and O–H groups in total. The second-order valence-corrected chi connectivity index (χ2v) is 10.7. The van der Waals surface area contributed by atoms with Gasteiger partial charge in [-0.15, -0.1) is 0 Å². The molecule has 1 aliphatic rings. The van der Waals surface area contributed by atoms with Crippen molar-refractivity contribution in [1.82, 2.24) is 25.1 Å². The van der Waals surface area contributed by atoms with Gasteiger partial charge in [-0.1, -0.05) is 12.8 Å². The second-order valence-electron chi connectivity index (χ2n) is 10.7. The highest BCUT2D eigenvalue weighted by atomic mass is 19.1. The molecule has 1 atom stereocenters. The fourth-order valence-electron chi connectivity index (χ4n) is 4.60. The highest BCUT2D eigenvalue weighted by Crippen LogP contribution is 2.37. The van der Waals surface area contributed by atoms with Crippen molar-refractivity contribution in [2.24, 2.45) is 0 Å². The lowest BCUT2D eigenvalue weighted by atomic mass is 9.89. The SMILES string of the molecule is Cc1cnn(-c2cncc(Nc3nc(NC4([C@H](C)NC(=O)OC(C)(C)C)CCCC4)c(F)cc3C#N)c2)c1. The summed E-state index contributed by atoms with van der Waals surface area (Å²) in [5.41, 5.74) is 1.07. The summed E-state index contributed by atoms with van der Waals surface area (Å²) in [4.78, 5) is 21.2. The first-order chi connectivity index (χ1) is 18.0. The maximum Gasteiger partial charge on any atom is 0.407 e. The van der Waals surface area contributed by atoms with Crippen LogP contribution in [0, 0.1) is 24.1 Å². The Labute approximate surface area is 221 Å². The fourth-order valence-corrected chi connectivity index (χ4v) is 4.60. The van der Waals surface area contributed by atoms with E-state index in [1.807, 2.05) is 32.2 Å². The van der Waals surface area contributed by atoms with Crippen LogP contribution >= 0.6 is 0 Å². The van der Waals surface area contributed by atoms with Crippen LogP contribution in [0.5, 0.6) is 0 Å². The molecule has 4 rings (SSSR count). The van der Waals surface area contributed by atoms with E-state index < -0.39 is 23.1 Å². The number of rotatable bonds is 7. The van der Waals surface area contributed by atoms with Gasteiger partial charge in [-0.25, -0.2) is 18.9 Å². The normalized spacial score (nSPS) is 15.4. The Morgan fingerprint density at radius 3 is 2.58 bits per heavy atom. The van der Waals surface area contributed by atoms with E-state index >= 15 is 4.39 Å². The van der Waals surface area contributed by atoms with Gasteiger partial charge < -0.3 is 20.7 Å². The topological polar surface area (TPSA) is 130 Å². The van der Waals surface area contributed by atoms with Crippen LogP contribution in [0.4, 0.5) is 26.5 Å². The molecular weight excluding hydrogens is 487 g/mol. The van der Waals surface area contributed by atoms with Crippen molar-refractivity contribution in [2.75, 3.05) is 10.6 Å². The van der Waals surface area contributed by atoms with Gasteiger partial charge in [-0.3, -0.25) is 4.98 Å². The lowest BCUT2D eigenvalue weighted by Crippen LogP contribution is -2.55. The van der Waals surface area contributed by atoms with E-state index in [1.54, 1.807) is 44.0 Å². The van der Waals surface area contributed by atoms with Gasteiger partial charge in [0.2, 0.25) is 0 Å². The molecule has 0 aliphatic heterocycles. The molecule has 3 aromatic heterocycles. The van der Waals surface area contributed by atoms with Crippen molar-refractivity contribution in [3.63, 3.8) is 0 Å². The average Bonchev–Trinajstić information content (AvgIpc) is 3.50. The summed E-state index contributed by atoms with van der Waals surface area (Å²) in [5.74, 6) is -0.465. The van der Waals surface area contributed by atoms with Gasteiger partial charge in [-0.05, 0) is 65.2 Å². The number of carbonyl (C=O) groups excluding carboxylic acids is 1. The summed E-state index contributed by atoms with van der Waals surface area (Å²) >= 11 is 0. The Kier molecular flexibility index (Phi) is 7.53. The van der Waals surface area contributed by atoms with E-state index in [0.29, 0.717) is 24.2 Å². The highest BCUT2D eigenvalue weighted by molar-refractivity contribution is 5.69. The first-order valence-electron chi connectivity index (χ1n) is 12.6. The Hall–Kier alpha value is -4.20. The van der Waals surface area contributed by atoms with Gasteiger partial charge in [0.15, 0.2) is 17.5 Å². The van der Waals surface area contributed by atoms with Gasteiger partial charge >= 0.3 is 6.09 Å². The molecule has 3 aromatic rings. The smallest absolute Gasteiger partial charge is 0.407 e. The first-order valence-corrected chi connectivity index (χ1v) is 12.6. The maximum atomic E-state index is 15.2. The first kappa shape index (κ1) is 26.9. The Bertz CT molecular complexity index is 1350. The lowest BCUT2D eigenvalue weighted by molar-refractivity contribution is 0.0488. The van der Waals surface area contributed by atoms with Crippen LogP contribution < -0.4 is 16.0 Å². The molecule has 0 radical (unpaired) electrons. The summed E-state index contributed by atoms with van der Waals surface area (Å²) in [7, 11) is 0. The van der Waals surface area contributed by atoms with E-state index in [4.69, 9.17) is 4.74 Å². The van der Waals surface area contributed by atoms with E-state index in [9.17, 15) is 10.1 Å². The predicted molar refractivity (Wildman–Crippen MR) is 142 cm³/mol. The fraction of sp³-hybridized carbons (Fsp3) is 0.444. The number of hydrogen-bond donors (Lipinski definition) is 3. The molecule has 0 saturated heterocycles. The van der Waals surface area contributed by atoms with Crippen molar-refractivity contribution >= 4 is 23.4 Å². The summed E-state index contributed by atoms with van der Waals surface area (Å²) in [6.07, 6.45) is 9.59. The Morgan fingerprint density at radius 2 is 1.95 bits per heavy atom. The van der Waals surface area contributed by atoms with Gasteiger partial charge in [0.25, 0.3) is 0 Å². The number of pyridine rings is 2. The van der Waals surface area contributed by atoms with Crippen molar-refractivity contribution < 1.29 is 13.9 Å². The van der Waals surface area contributed by atoms with Crippen molar-refractivity contribution in [2.45, 2.75) is 77.5 Å². The number of nitrogens with one attached hydrogen (secondary N) is 3. The number of ether oxygens (including phenoxy) is 1. The monoisotopic (exact) mass is 520 g/mol. The number of hydrogen-bond acceptors (Lipinski definition) is 8. The zero-order chi connectivity index (χ0) is 27.5. The summed E-state index contributed by atoms with van der Waals surface area (Å²) < 4.78 is 22.3. The average molecular weight is 521 g/mol. The van der Waals surface area contributed by atoms with Crippen molar-refractivity contribution in [3.8, 4) is 11.8 Å². The van der Waals surface area contributed by atoms with Crippen LogP contribution in [-0.2, 0) is 4.74 Å². The van der Waals surface area contributed by atoms with Crippen LogP contribution in [-0.4, -0.2) is 43.0 Å². The number of aromatic nitrogens is 4. The molecule has 0 bridgehead atoms. The van der Waals surface area contributed by atoms with Gasteiger partial charge in [-0.2, -0.15) is 10.4 Å². The second kappa shape index (κ2) is 10.7. The summed E-state index contributed by atoms with van der Waals surface area (Å²) in [5, 5.41) is 23.2. The summed E-state index contributed by atoms with van der Waals surface area (Å²) in [6, 6.07) is 4.60. The molecule has 11 heteroatoms. The number of amides is 1. The molecule has 0 unspecified atom stereocenters. The van der Waals surface area contributed by atoms with Gasteiger partial charge in [0.1, 0.15) is 11.7 Å². The molecule has 38 heavy (non-hydrogen) atoms. The van der Waals surface area contributed by atoms with E-state index in [2.05, 4.69) is 31.0 Å². The van der Waals surface area contributed by atoms with Crippen LogP contribution in [0.15, 0.2) is 36.9 Å². The minimum absolute atomic E-state index is 0.00180. The Morgan fingerprint density at radius 1 is 1.21 bits per heavy atom. The van der Waals surface area contributed by atoms with Crippen molar-refractivity contribution in [1.29, 1.82) is 5.26 Å². The van der Waals surface area contributed by atoms with Crippen LogP contribution in [0.25, 0.3) is 5.69 Å². The third-order valence-electron chi connectivity index (χ3n) is 6.48. The van der Waals surface area contributed by atoms with Crippen LogP contribution in [0.1, 0.15) is 64.5 Å². The molecule has 0 aromatic carbocycles. The molecule has 0 spiro atoms. The largest absolute Gasteiger partial charge is 0.444 e. The highest BCUT2D eigenvalue weighted by Gasteiger charge is 2.41. The van der Waals surface area contributed by atoms with Crippen molar-refractivity contribution in [3.05, 3.63) is 53.9 Å². The molecule has 1 fully saturated rings. The molecule has 1 aliphatic carbocycles. The molecule has 1 amide bonds. The quantitative estimate of drug-likeness (QED) is 0.379. The zero-order valence-corrected chi connectivity index (χ0v) is 22.3. The maximum absolute atomic E-state index is 15.2. The minimum atomic E-state index is -0.651. The molecule has 3 heterocycles. The molecular formula is C27H33FN8O2. The third-order valence-corrected chi connectivity index (χ3v) is 6.48. The molecule has 200 valence electrons. The van der Waals surface area contributed by atoms with E-state index in [0.717, 1.165) is 24.5 Å². The predicted octanol–water partition coefficient (Wildman–Crippen LogP) is 5.36. The molecule has 10 nitrogen and oxygen atoms in total. The number of carbonyl (C=O) groups is 1. The van der Waals surface area contributed by atoms with Gasteiger partial charge in [0, 0.05) is 6.20 Å². The third kappa shape index (κ3) is 6.19. The van der Waals surface area contributed by atoms with Crippen LogP contribution in [0.2, 0.25) is 0 Å². The van der Waals surface area contributed by atoms with Crippen LogP contribution in [0.3, 0.4) is 0 Å². The minimum Gasteiger partial charge on any atom is -0.444 e. The number of nitriles is 1. The summed E-state index contributed by atoms with van der Waals surface area (Å²) in [6.45, 7) is 9.21. The van der Waals surface area contributed by atoms with E-state index in [-0.39, 0.29) is 23.2 Å². The standard InChI is InChI=1S/C27H33FN8O2/c1-17-13-31-36(16-17)21-11-20(14-30-15-21)33-23-19(12-29)10-22(28)24(34-23)35-27(8-6-7-9-27)18(2)32-25(37)38-26(3,4)5/h10-11,13-16,18H,6-9H2,1-5H3,(H,32,37)(H2,33,34,35)/t18-/m0/s1. The zero-order valence-electron chi connectivity index (χ0n) is 22.3. The number of halogens is 1. The van der Waals surface area contributed by atoms with E-state index in [1.165, 1.54) is 0 Å².